The van der Waals surface area contributed by atoms with Crippen molar-refractivity contribution in [3.63, 3.8) is 0 Å². The van der Waals surface area contributed by atoms with E-state index in [1.165, 1.54) is 25.7 Å². The predicted octanol–water partition coefficient (Wildman–Crippen LogP) is 2.57. The summed E-state index contributed by atoms with van der Waals surface area (Å²) in [7, 11) is 0. The Labute approximate surface area is 88.2 Å². The number of rotatable bonds is 7. The summed E-state index contributed by atoms with van der Waals surface area (Å²) in [6.07, 6.45) is 5.39. The summed E-state index contributed by atoms with van der Waals surface area (Å²) in [6, 6.07) is 0.238. The highest BCUT2D eigenvalue weighted by molar-refractivity contribution is 4.90. The van der Waals surface area contributed by atoms with Crippen molar-refractivity contribution in [1.29, 1.82) is 0 Å². The van der Waals surface area contributed by atoms with Gasteiger partial charge in [-0.05, 0) is 38.0 Å². The molecule has 1 fully saturated rings. The maximum Gasteiger partial charge on any atom is 0.0756 e. The van der Waals surface area contributed by atoms with Crippen LogP contribution in [-0.2, 0) is 4.74 Å². The van der Waals surface area contributed by atoms with Gasteiger partial charge in [0.05, 0.1) is 6.10 Å². The molecule has 1 saturated carbocycles. The van der Waals surface area contributed by atoms with Crippen molar-refractivity contribution >= 4 is 0 Å². The summed E-state index contributed by atoms with van der Waals surface area (Å²) in [5.74, 6) is 1.35. The van der Waals surface area contributed by atoms with Gasteiger partial charge in [0.15, 0.2) is 0 Å². The van der Waals surface area contributed by atoms with Gasteiger partial charge in [0.25, 0.3) is 0 Å². The molecular weight excluding hydrogens is 174 g/mol. The van der Waals surface area contributed by atoms with E-state index in [1.807, 2.05) is 0 Å². The molecule has 0 spiro atoms. The minimum atomic E-state index is 0.238. The molecular formula is C12H25NO. The third-order valence-electron chi connectivity index (χ3n) is 3.23. The van der Waals surface area contributed by atoms with Crippen molar-refractivity contribution < 1.29 is 4.74 Å². The van der Waals surface area contributed by atoms with Gasteiger partial charge in [-0.25, -0.2) is 0 Å². The topological polar surface area (TPSA) is 35.2 Å². The van der Waals surface area contributed by atoms with Gasteiger partial charge in [-0.2, -0.15) is 0 Å². The number of hydrogen-bond donors (Lipinski definition) is 1. The summed E-state index contributed by atoms with van der Waals surface area (Å²) in [6.45, 7) is 7.33. The van der Waals surface area contributed by atoms with E-state index in [4.69, 9.17) is 10.5 Å². The summed E-state index contributed by atoms with van der Waals surface area (Å²) in [5.41, 5.74) is 6.25. The van der Waals surface area contributed by atoms with Crippen molar-refractivity contribution in [2.75, 3.05) is 6.61 Å². The lowest BCUT2D eigenvalue weighted by atomic mass is 9.91. The zero-order valence-electron chi connectivity index (χ0n) is 9.83. The van der Waals surface area contributed by atoms with Gasteiger partial charge in [-0.1, -0.05) is 20.3 Å². The standard InChI is InChI=1S/C12H25NO/c1-4-6-9(3)11(13)12(14-5-2)10-7-8-10/h9-12H,4-8,13H2,1-3H3. The first kappa shape index (κ1) is 12.0. The summed E-state index contributed by atoms with van der Waals surface area (Å²) in [4.78, 5) is 0. The maximum absolute atomic E-state index is 6.25. The van der Waals surface area contributed by atoms with Gasteiger partial charge in [-0.15, -0.1) is 0 Å². The summed E-state index contributed by atoms with van der Waals surface area (Å²) in [5, 5.41) is 0. The molecule has 0 aromatic heterocycles. The zero-order chi connectivity index (χ0) is 10.6. The van der Waals surface area contributed by atoms with E-state index in [1.54, 1.807) is 0 Å². The Morgan fingerprint density at radius 2 is 2.00 bits per heavy atom. The molecule has 2 N–H and O–H groups in total. The third kappa shape index (κ3) is 3.25. The smallest absolute Gasteiger partial charge is 0.0756 e. The minimum absolute atomic E-state index is 0.238. The Bertz CT molecular complexity index is 156. The minimum Gasteiger partial charge on any atom is -0.377 e. The fourth-order valence-corrected chi connectivity index (χ4v) is 2.15. The second-order valence-corrected chi connectivity index (χ2v) is 4.60. The largest absolute Gasteiger partial charge is 0.377 e. The lowest BCUT2D eigenvalue weighted by molar-refractivity contribution is 0.0151. The lowest BCUT2D eigenvalue weighted by Crippen LogP contribution is -2.43. The molecule has 2 heteroatoms. The van der Waals surface area contributed by atoms with Crippen LogP contribution in [0.2, 0.25) is 0 Å². The van der Waals surface area contributed by atoms with E-state index < -0.39 is 0 Å². The highest BCUT2D eigenvalue weighted by atomic mass is 16.5. The van der Waals surface area contributed by atoms with E-state index in [0.717, 1.165) is 12.5 Å². The van der Waals surface area contributed by atoms with Gasteiger partial charge in [0, 0.05) is 12.6 Å². The maximum atomic E-state index is 6.25. The number of nitrogens with two attached hydrogens (primary N) is 1. The Kier molecular flexibility index (Phi) is 4.90. The van der Waals surface area contributed by atoms with E-state index in [9.17, 15) is 0 Å². The number of ether oxygens (including phenoxy) is 1. The van der Waals surface area contributed by atoms with Crippen molar-refractivity contribution in [3.05, 3.63) is 0 Å². The van der Waals surface area contributed by atoms with Crippen LogP contribution in [0.4, 0.5) is 0 Å². The molecule has 84 valence electrons. The Morgan fingerprint density at radius 3 is 2.43 bits per heavy atom. The molecule has 2 nitrogen and oxygen atoms in total. The number of hydrogen-bond acceptors (Lipinski definition) is 2. The van der Waals surface area contributed by atoms with Crippen molar-refractivity contribution in [2.24, 2.45) is 17.6 Å². The van der Waals surface area contributed by atoms with Crippen LogP contribution >= 0.6 is 0 Å². The normalized spacial score (nSPS) is 23.1. The van der Waals surface area contributed by atoms with Crippen LogP contribution in [0.25, 0.3) is 0 Å². The van der Waals surface area contributed by atoms with Crippen molar-refractivity contribution in [3.8, 4) is 0 Å². The molecule has 0 bridgehead atoms. The molecule has 0 amide bonds. The first-order valence-corrected chi connectivity index (χ1v) is 6.07. The SMILES string of the molecule is CCCC(C)C(N)C(OCC)C1CC1. The van der Waals surface area contributed by atoms with Crippen molar-refractivity contribution in [2.45, 2.75) is 58.6 Å². The Morgan fingerprint density at radius 1 is 1.36 bits per heavy atom. The van der Waals surface area contributed by atoms with E-state index in [-0.39, 0.29) is 6.04 Å². The van der Waals surface area contributed by atoms with Crippen LogP contribution in [-0.4, -0.2) is 18.8 Å². The van der Waals surface area contributed by atoms with E-state index in [0.29, 0.717) is 12.0 Å². The van der Waals surface area contributed by atoms with Gasteiger partial charge in [0.1, 0.15) is 0 Å². The Hall–Kier alpha value is -0.0800. The zero-order valence-corrected chi connectivity index (χ0v) is 9.83. The van der Waals surface area contributed by atoms with Gasteiger partial charge in [-0.3, -0.25) is 0 Å². The molecule has 0 aromatic carbocycles. The van der Waals surface area contributed by atoms with Gasteiger partial charge >= 0.3 is 0 Å². The van der Waals surface area contributed by atoms with Gasteiger partial charge < -0.3 is 10.5 Å². The third-order valence-corrected chi connectivity index (χ3v) is 3.23. The molecule has 3 atom stereocenters. The molecule has 0 aromatic rings. The molecule has 0 aliphatic heterocycles. The molecule has 1 aliphatic carbocycles. The quantitative estimate of drug-likeness (QED) is 0.684. The van der Waals surface area contributed by atoms with E-state index >= 15 is 0 Å². The average molecular weight is 199 g/mol. The monoisotopic (exact) mass is 199 g/mol. The molecule has 14 heavy (non-hydrogen) atoms. The summed E-state index contributed by atoms with van der Waals surface area (Å²) < 4.78 is 5.77. The first-order chi connectivity index (χ1) is 6.70. The van der Waals surface area contributed by atoms with Crippen LogP contribution in [0, 0.1) is 11.8 Å². The first-order valence-electron chi connectivity index (χ1n) is 6.07. The fourth-order valence-electron chi connectivity index (χ4n) is 2.15. The molecule has 0 radical (unpaired) electrons. The molecule has 3 unspecified atom stereocenters. The molecule has 0 heterocycles. The fraction of sp³-hybridized carbons (Fsp3) is 1.00. The van der Waals surface area contributed by atoms with Crippen LogP contribution in [0.1, 0.15) is 46.5 Å². The van der Waals surface area contributed by atoms with Crippen LogP contribution < -0.4 is 5.73 Å². The molecule has 1 aliphatic rings. The lowest BCUT2D eigenvalue weighted by Gasteiger charge is -2.28. The Balaban J connectivity index is 2.40. The van der Waals surface area contributed by atoms with Crippen molar-refractivity contribution in [1.82, 2.24) is 0 Å². The second-order valence-electron chi connectivity index (χ2n) is 4.60. The van der Waals surface area contributed by atoms with Crippen LogP contribution in [0.15, 0.2) is 0 Å². The molecule has 0 saturated heterocycles. The summed E-state index contributed by atoms with van der Waals surface area (Å²) >= 11 is 0. The molecule has 1 rings (SSSR count). The highest BCUT2D eigenvalue weighted by Gasteiger charge is 2.37. The average Bonchev–Trinajstić information content (AvgIpc) is 2.97. The highest BCUT2D eigenvalue weighted by Crippen LogP contribution is 2.37. The van der Waals surface area contributed by atoms with Crippen LogP contribution in [0.3, 0.4) is 0 Å². The predicted molar refractivity (Wildman–Crippen MR) is 60.2 cm³/mol. The van der Waals surface area contributed by atoms with Gasteiger partial charge in [0.2, 0.25) is 0 Å². The van der Waals surface area contributed by atoms with E-state index in [2.05, 4.69) is 20.8 Å². The second kappa shape index (κ2) is 5.72. The van der Waals surface area contributed by atoms with Crippen LogP contribution in [0.5, 0.6) is 0 Å².